The van der Waals surface area contributed by atoms with Crippen LogP contribution in [0.3, 0.4) is 0 Å². The third kappa shape index (κ3) is 3.57. The zero-order valence-corrected chi connectivity index (χ0v) is 14.7. The van der Waals surface area contributed by atoms with Gasteiger partial charge >= 0.3 is 0 Å². The van der Waals surface area contributed by atoms with Crippen LogP contribution in [0.25, 0.3) is 11.4 Å². The minimum Gasteiger partial charge on any atom is -0.308 e. The van der Waals surface area contributed by atoms with Gasteiger partial charge in [0.1, 0.15) is 11.4 Å². The molecular formula is C19H20N6O. The highest BCUT2D eigenvalue weighted by atomic mass is 16.2. The Labute approximate surface area is 152 Å². The molecule has 0 aliphatic carbocycles. The molecule has 26 heavy (non-hydrogen) atoms. The molecule has 0 radical (unpaired) electrons. The van der Waals surface area contributed by atoms with E-state index >= 15 is 0 Å². The summed E-state index contributed by atoms with van der Waals surface area (Å²) in [6, 6.07) is 8.99. The van der Waals surface area contributed by atoms with Gasteiger partial charge in [0.05, 0.1) is 24.3 Å². The molecule has 1 unspecified atom stereocenters. The van der Waals surface area contributed by atoms with Crippen LogP contribution in [0.1, 0.15) is 30.6 Å². The molecule has 1 amide bonds. The summed E-state index contributed by atoms with van der Waals surface area (Å²) in [6.45, 7) is 3.72. The molecule has 0 spiro atoms. The number of nitrogens with zero attached hydrogens (tertiary/aromatic N) is 5. The number of benzene rings is 1. The summed E-state index contributed by atoms with van der Waals surface area (Å²) in [5, 5.41) is 0. The monoisotopic (exact) mass is 348 g/mol. The average molecular weight is 348 g/mol. The summed E-state index contributed by atoms with van der Waals surface area (Å²) in [5.41, 5.74) is 7.13. The Bertz CT molecular complexity index is 883. The topological polar surface area (TPSA) is 97.9 Å². The minimum atomic E-state index is -0.928. The molecule has 2 heterocycles. The van der Waals surface area contributed by atoms with Gasteiger partial charge in [0.25, 0.3) is 5.91 Å². The Morgan fingerprint density at radius 3 is 2.46 bits per heavy atom. The molecule has 3 aromatic rings. The lowest BCUT2D eigenvalue weighted by molar-refractivity contribution is 0.0956. The first-order chi connectivity index (χ1) is 12.5. The molecule has 7 nitrogen and oxygen atoms in total. The van der Waals surface area contributed by atoms with Crippen molar-refractivity contribution in [1.29, 1.82) is 0 Å². The molecule has 0 aliphatic heterocycles. The predicted octanol–water partition coefficient (Wildman–Crippen LogP) is 2.67. The number of anilines is 1. The molecule has 0 aliphatic rings. The zero-order valence-electron chi connectivity index (χ0n) is 14.7. The zero-order chi connectivity index (χ0) is 18.6. The van der Waals surface area contributed by atoms with Crippen LogP contribution in [0.15, 0.2) is 61.3 Å². The van der Waals surface area contributed by atoms with Crippen LogP contribution >= 0.6 is 0 Å². The fourth-order valence-electron chi connectivity index (χ4n) is 2.48. The molecule has 0 saturated heterocycles. The van der Waals surface area contributed by atoms with Crippen LogP contribution in [0.5, 0.6) is 0 Å². The van der Waals surface area contributed by atoms with Crippen LogP contribution in [0.4, 0.5) is 5.82 Å². The standard InChI is InChI=1S/C19H20N6O/c1-3-19(2,20)25(18(26)14-7-5-4-6-8-14)17-13-22-12-16(24-17)15-11-21-9-10-23-15/h4-13H,3,20H2,1-2H3. The smallest absolute Gasteiger partial charge is 0.261 e. The maximum Gasteiger partial charge on any atom is 0.261 e. The van der Waals surface area contributed by atoms with Gasteiger partial charge in [0, 0.05) is 18.0 Å². The van der Waals surface area contributed by atoms with Crippen LogP contribution in [-0.2, 0) is 0 Å². The molecule has 1 aromatic carbocycles. The summed E-state index contributed by atoms with van der Waals surface area (Å²) in [6.07, 6.45) is 8.41. The van der Waals surface area contributed by atoms with Gasteiger partial charge in [-0.1, -0.05) is 25.1 Å². The normalized spacial score (nSPS) is 13.0. The van der Waals surface area contributed by atoms with Gasteiger partial charge in [-0.2, -0.15) is 0 Å². The van der Waals surface area contributed by atoms with E-state index < -0.39 is 5.66 Å². The number of carbonyl (C=O) groups excluding carboxylic acids is 1. The second kappa shape index (κ2) is 7.37. The molecular weight excluding hydrogens is 328 g/mol. The average Bonchev–Trinajstić information content (AvgIpc) is 2.69. The van der Waals surface area contributed by atoms with Gasteiger partial charge in [0.15, 0.2) is 5.82 Å². The van der Waals surface area contributed by atoms with Crippen molar-refractivity contribution in [2.24, 2.45) is 5.73 Å². The molecule has 132 valence electrons. The maximum atomic E-state index is 13.1. The van der Waals surface area contributed by atoms with Gasteiger partial charge in [0.2, 0.25) is 0 Å². The highest BCUT2D eigenvalue weighted by molar-refractivity contribution is 6.06. The van der Waals surface area contributed by atoms with Crippen LogP contribution in [0, 0.1) is 0 Å². The minimum absolute atomic E-state index is 0.233. The van der Waals surface area contributed by atoms with Gasteiger partial charge in [-0.15, -0.1) is 0 Å². The molecule has 1 atom stereocenters. The molecule has 3 rings (SSSR count). The lowest BCUT2D eigenvalue weighted by Gasteiger charge is -2.36. The third-order valence-corrected chi connectivity index (χ3v) is 4.13. The second-order valence-electron chi connectivity index (χ2n) is 6.07. The number of carbonyl (C=O) groups is 1. The Morgan fingerprint density at radius 2 is 1.81 bits per heavy atom. The van der Waals surface area contributed by atoms with Crippen molar-refractivity contribution in [2.45, 2.75) is 25.9 Å². The van der Waals surface area contributed by atoms with Gasteiger partial charge in [-0.25, -0.2) is 4.98 Å². The highest BCUT2D eigenvalue weighted by Crippen LogP contribution is 2.25. The van der Waals surface area contributed by atoms with Crippen molar-refractivity contribution in [1.82, 2.24) is 19.9 Å². The molecule has 2 aromatic heterocycles. The van der Waals surface area contributed by atoms with E-state index in [4.69, 9.17) is 5.73 Å². The Balaban J connectivity index is 2.07. The summed E-state index contributed by atoms with van der Waals surface area (Å²) in [5.74, 6) is 0.136. The van der Waals surface area contributed by atoms with E-state index in [1.807, 2.05) is 25.1 Å². The number of hydrogen-bond donors (Lipinski definition) is 1. The van der Waals surface area contributed by atoms with E-state index in [9.17, 15) is 4.79 Å². The lowest BCUT2D eigenvalue weighted by atomic mass is 10.1. The highest BCUT2D eigenvalue weighted by Gasteiger charge is 2.33. The van der Waals surface area contributed by atoms with Gasteiger partial charge < -0.3 is 5.73 Å². The number of hydrogen-bond acceptors (Lipinski definition) is 6. The van der Waals surface area contributed by atoms with E-state index in [1.165, 1.54) is 11.1 Å². The van der Waals surface area contributed by atoms with Crippen LogP contribution in [0.2, 0.25) is 0 Å². The summed E-state index contributed by atoms with van der Waals surface area (Å²) < 4.78 is 0. The fraction of sp³-hybridized carbons (Fsp3) is 0.211. The van der Waals surface area contributed by atoms with Crippen LogP contribution in [-0.4, -0.2) is 31.5 Å². The summed E-state index contributed by atoms with van der Waals surface area (Å²) in [7, 11) is 0. The number of aromatic nitrogens is 4. The fourth-order valence-corrected chi connectivity index (χ4v) is 2.48. The largest absolute Gasteiger partial charge is 0.308 e. The summed E-state index contributed by atoms with van der Waals surface area (Å²) in [4.78, 5) is 31.7. The summed E-state index contributed by atoms with van der Waals surface area (Å²) >= 11 is 0. The van der Waals surface area contributed by atoms with Crippen molar-refractivity contribution < 1.29 is 4.79 Å². The van der Waals surface area contributed by atoms with Crippen molar-refractivity contribution in [3.05, 3.63) is 66.9 Å². The van der Waals surface area contributed by atoms with Crippen molar-refractivity contribution >= 4 is 11.7 Å². The molecule has 0 bridgehead atoms. The van der Waals surface area contributed by atoms with E-state index in [2.05, 4.69) is 19.9 Å². The maximum absolute atomic E-state index is 13.1. The molecule has 7 heteroatoms. The van der Waals surface area contributed by atoms with E-state index in [1.54, 1.807) is 43.8 Å². The van der Waals surface area contributed by atoms with Crippen LogP contribution < -0.4 is 10.6 Å². The lowest BCUT2D eigenvalue weighted by Crippen LogP contribution is -2.56. The second-order valence-corrected chi connectivity index (χ2v) is 6.07. The van der Waals surface area contributed by atoms with Gasteiger partial charge in [-0.05, 0) is 25.5 Å². The third-order valence-electron chi connectivity index (χ3n) is 4.13. The molecule has 2 N–H and O–H groups in total. The predicted molar refractivity (Wildman–Crippen MR) is 99.2 cm³/mol. The van der Waals surface area contributed by atoms with E-state index in [-0.39, 0.29) is 5.91 Å². The van der Waals surface area contributed by atoms with Crippen molar-refractivity contribution in [2.75, 3.05) is 4.90 Å². The SMILES string of the molecule is CCC(C)(N)N(C(=O)c1ccccc1)c1cncc(-c2cnccn2)n1. The Morgan fingerprint density at radius 1 is 1.08 bits per heavy atom. The van der Waals surface area contributed by atoms with E-state index in [0.29, 0.717) is 29.2 Å². The number of nitrogens with two attached hydrogens (primary N) is 1. The quantitative estimate of drug-likeness (QED) is 0.712. The van der Waals surface area contributed by atoms with Crippen molar-refractivity contribution in [3.63, 3.8) is 0 Å². The molecule has 0 fully saturated rings. The van der Waals surface area contributed by atoms with Crippen molar-refractivity contribution in [3.8, 4) is 11.4 Å². The first kappa shape index (κ1) is 17.6. The Hall–Kier alpha value is -3.19. The molecule has 0 saturated carbocycles. The first-order valence-electron chi connectivity index (χ1n) is 8.30. The number of rotatable bonds is 5. The first-order valence-corrected chi connectivity index (χ1v) is 8.30. The Kier molecular flexibility index (Phi) is 4.99. The number of amides is 1. The van der Waals surface area contributed by atoms with Gasteiger partial charge in [-0.3, -0.25) is 24.6 Å². The van der Waals surface area contributed by atoms with E-state index in [0.717, 1.165) is 0 Å².